The molecule has 1 aromatic heterocycles. The van der Waals surface area contributed by atoms with Crippen molar-refractivity contribution < 1.29 is 4.79 Å². The average Bonchev–Trinajstić information content (AvgIpc) is 3.01. The minimum atomic E-state index is -0.00132. The lowest BCUT2D eigenvalue weighted by atomic mass is 10.1. The van der Waals surface area contributed by atoms with Crippen LogP contribution in [0.5, 0.6) is 0 Å². The highest BCUT2D eigenvalue weighted by molar-refractivity contribution is 6.30. The molecule has 2 aliphatic rings. The molecule has 20 heavy (non-hydrogen) atoms. The van der Waals surface area contributed by atoms with Crippen molar-refractivity contribution in [2.24, 2.45) is 0 Å². The van der Waals surface area contributed by atoms with Gasteiger partial charge in [0.2, 0.25) is 0 Å². The highest BCUT2D eigenvalue weighted by atomic mass is 35.5. The number of halogens is 1. The van der Waals surface area contributed by atoms with E-state index in [0.717, 1.165) is 32.2 Å². The Kier molecular flexibility index (Phi) is 4.22. The molecule has 0 aromatic carbocycles. The van der Waals surface area contributed by atoms with E-state index in [-0.39, 0.29) is 5.91 Å². The molecule has 1 aliphatic carbocycles. The van der Waals surface area contributed by atoms with E-state index in [1.807, 2.05) is 4.90 Å². The van der Waals surface area contributed by atoms with Crippen LogP contribution >= 0.6 is 11.6 Å². The lowest BCUT2D eigenvalue weighted by molar-refractivity contribution is 0.0568. The van der Waals surface area contributed by atoms with Crippen molar-refractivity contribution in [3.63, 3.8) is 0 Å². The quantitative estimate of drug-likeness (QED) is 0.840. The van der Waals surface area contributed by atoms with Gasteiger partial charge in [-0.3, -0.25) is 14.7 Å². The standard InChI is InChI=1S/C15H20ClN3O/c16-12-5-6-17-14(11-12)15(20)19-9-7-18(8-10-19)13-3-1-2-4-13/h5-6,11,13H,1-4,7-10H2. The van der Waals surface area contributed by atoms with Gasteiger partial charge in [-0.05, 0) is 25.0 Å². The Labute approximate surface area is 124 Å². The van der Waals surface area contributed by atoms with Crippen LogP contribution in [0, 0.1) is 0 Å². The summed E-state index contributed by atoms with van der Waals surface area (Å²) in [7, 11) is 0. The molecule has 0 unspecified atom stereocenters. The van der Waals surface area contributed by atoms with Crippen LogP contribution in [0.25, 0.3) is 0 Å². The lowest BCUT2D eigenvalue weighted by Gasteiger charge is -2.37. The Hall–Kier alpha value is -1.13. The van der Waals surface area contributed by atoms with Gasteiger partial charge in [-0.25, -0.2) is 0 Å². The van der Waals surface area contributed by atoms with Gasteiger partial charge >= 0.3 is 0 Å². The van der Waals surface area contributed by atoms with Crippen LogP contribution in [0.2, 0.25) is 5.02 Å². The Morgan fingerprint density at radius 1 is 1.20 bits per heavy atom. The number of aromatic nitrogens is 1. The van der Waals surface area contributed by atoms with Gasteiger partial charge in [0, 0.05) is 43.4 Å². The normalized spacial score (nSPS) is 21.4. The highest BCUT2D eigenvalue weighted by Gasteiger charge is 2.28. The summed E-state index contributed by atoms with van der Waals surface area (Å²) in [6.07, 6.45) is 6.95. The first-order valence-corrected chi connectivity index (χ1v) is 7.77. The highest BCUT2D eigenvalue weighted by Crippen LogP contribution is 2.24. The number of piperazine rings is 1. The molecule has 4 nitrogen and oxygen atoms in total. The third-order valence-electron chi connectivity index (χ3n) is 4.38. The smallest absolute Gasteiger partial charge is 0.272 e. The summed E-state index contributed by atoms with van der Waals surface area (Å²) < 4.78 is 0. The SMILES string of the molecule is O=C(c1cc(Cl)ccn1)N1CCN(C2CCCC2)CC1. The molecule has 1 saturated carbocycles. The van der Waals surface area contributed by atoms with Crippen LogP contribution in [0.1, 0.15) is 36.2 Å². The molecule has 0 bridgehead atoms. The van der Waals surface area contributed by atoms with Crippen molar-refractivity contribution in [1.29, 1.82) is 0 Å². The molecule has 3 rings (SSSR count). The number of nitrogens with zero attached hydrogens (tertiary/aromatic N) is 3. The molecular weight excluding hydrogens is 274 g/mol. The number of pyridine rings is 1. The van der Waals surface area contributed by atoms with Crippen molar-refractivity contribution in [3.05, 3.63) is 29.0 Å². The predicted octanol–water partition coefficient (Wildman–Crippen LogP) is 2.44. The van der Waals surface area contributed by atoms with E-state index in [0.29, 0.717) is 10.7 Å². The van der Waals surface area contributed by atoms with Crippen molar-refractivity contribution >= 4 is 17.5 Å². The zero-order valence-electron chi connectivity index (χ0n) is 11.6. The van der Waals surface area contributed by atoms with Gasteiger partial charge in [0.05, 0.1) is 0 Å². The van der Waals surface area contributed by atoms with E-state index in [4.69, 9.17) is 11.6 Å². The molecule has 2 heterocycles. The summed E-state index contributed by atoms with van der Waals surface area (Å²) in [5, 5.41) is 0.563. The minimum absolute atomic E-state index is 0.00132. The molecule has 1 aliphatic heterocycles. The monoisotopic (exact) mass is 293 g/mol. The fraction of sp³-hybridized carbons (Fsp3) is 0.600. The summed E-state index contributed by atoms with van der Waals surface area (Å²) >= 11 is 5.92. The fourth-order valence-corrected chi connectivity index (χ4v) is 3.40. The number of hydrogen-bond donors (Lipinski definition) is 0. The maximum atomic E-state index is 12.4. The van der Waals surface area contributed by atoms with Crippen LogP contribution in [0.15, 0.2) is 18.3 Å². The van der Waals surface area contributed by atoms with Crippen LogP contribution in [-0.4, -0.2) is 52.9 Å². The number of amides is 1. The van der Waals surface area contributed by atoms with Gasteiger partial charge in [-0.15, -0.1) is 0 Å². The predicted molar refractivity (Wildman–Crippen MR) is 79.0 cm³/mol. The second kappa shape index (κ2) is 6.10. The van der Waals surface area contributed by atoms with E-state index in [1.165, 1.54) is 25.7 Å². The van der Waals surface area contributed by atoms with Crippen molar-refractivity contribution in [2.75, 3.05) is 26.2 Å². The van der Waals surface area contributed by atoms with Crippen LogP contribution in [-0.2, 0) is 0 Å². The fourth-order valence-electron chi connectivity index (χ4n) is 3.24. The van der Waals surface area contributed by atoms with E-state index >= 15 is 0 Å². The zero-order chi connectivity index (χ0) is 13.9. The Morgan fingerprint density at radius 3 is 2.55 bits per heavy atom. The maximum absolute atomic E-state index is 12.4. The van der Waals surface area contributed by atoms with Gasteiger partial charge in [0.25, 0.3) is 5.91 Å². The molecule has 5 heteroatoms. The van der Waals surface area contributed by atoms with E-state index < -0.39 is 0 Å². The van der Waals surface area contributed by atoms with E-state index in [9.17, 15) is 4.79 Å². The zero-order valence-corrected chi connectivity index (χ0v) is 12.4. The molecule has 0 N–H and O–H groups in total. The second-order valence-corrected chi connectivity index (χ2v) is 6.06. The van der Waals surface area contributed by atoms with Crippen molar-refractivity contribution in [3.8, 4) is 0 Å². The summed E-state index contributed by atoms with van der Waals surface area (Å²) in [5.41, 5.74) is 0.451. The van der Waals surface area contributed by atoms with Crippen molar-refractivity contribution in [2.45, 2.75) is 31.7 Å². The summed E-state index contributed by atoms with van der Waals surface area (Å²) in [5.74, 6) is -0.00132. The summed E-state index contributed by atoms with van der Waals surface area (Å²) in [4.78, 5) is 20.9. The Bertz CT molecular complexity index is 480. The first-order valence-electron chi connectivity index (χ1n) is 7.39. The van der Waals surface area contributed by atoms with Gasteiger partial charge in [-0.2, -0.15) is 0 Å². The van der Waals surface area contributed by atoms with Gasteiger partial charge in [0.1, 0.15) is 5.69 Å². The molecule has 1 aromatic rings. The molecular formula is C15H20ClN3O. The van der Waals surface area contributed by atoms with Crippen molar-refractivity contribution in [1.82, 2.24) is 14.8 Å². The summed E-state index contributed by atoms with van der Waals surface area (Å²) in [6, 6.07) is 4.08. The van der Waals surface area contributed by atoms with Gasteiger partial charge in [-0.1, -0.05) is 24.4 Å². The molecule has 1 saturated heterocycles. The molecule has 0 radical (unpaired) electrons. The molecule has 0 spiro atoms. The molecule has 0 atom stereocenters. The van der Waals surface area contributed by atoms with Crippen LogP contribution < -0.4 is 0 Å². The topological polar surface area (TPSA) is 36.4 Å². The Morgan fingerprint density at radius 2 is 1.90 bits per heavy atom. The maximum Gasteiger partial charge on any atom is 0.272 e. The molecule has 108 valence electrons. The molecule has 2 fully saturated rings. The first-order chi connectivity index (χ1) is 9.74. The number of carbonyl (C=O) groups excluding carboxylic acids is 1. The second-order valence-electron chi connectivity index (χ2n) is 5.63. The third-order valence-corrected chi connectivity index (χ3v) is 4.62. The third kappa shape index (κ3) is 2.96. The van der Waals surface area contributed by atoms with Gasteiger partial charge < -0.3 is 4.90 Å². The minimum Gasteiger partial charge on any atom is -0.335 e. The number of hydrogen-bond acceptors (Lipinski definition) is 3. The van der Waals surface area contributed by atoms with E-state index in [2.05, 4.69) is 9.88 Å². The number of carbonyl (C=O) groups is 1. The first kappa shape index (κ1) is 13.8. The van der Waals surface area contributed by atoms with E-state index in [1.54, 1.807) is 18.3 Å². The number of rotatable bonds is 2. The average molecular weight is 294 g/mol. The lowest BCUT2D eigenvalue weighted by Crippen LogP contribution is -2.51. The molecule has 1 amide bonds. The van der Waals surface area contributed by atoms with Crippen LogP contribution in [0.4, 0.5) is 0 Å². The van der Waals surface area contributed by atoms with Crippen LogP contribution in [0.3, 0.4) is 0 Å². The van der Waals surface area contributed by atoms with Gasteiger partial charge in [0.15, 0.2) is 0 Å². The Balaban J connectivity index is 1.58. The largest absolute Gasteiger partial charge is 0.335 e. The summed E-state index contributed by atoms with van der Waals surface area (Å²) in [6.45, 7) is 3.56.